The van der Waals surface area contributed by atoms with E-state index >= 15 is 0 Å². The minimum atomic E-state index is -3.73. The van der Waals surface area contributed by atoms with Crippen LogP contribution in [0.3, 0.4) is 0 Å². The Hall–Kier alpha value is -2.22. The van der Waals surface area contributed by atoms with Crippen LogP contribution in [0.1, 0.15) is 28.4 Å². The van der Waals surface area contributed by atoms with E-state index in [0.717, 1.165) is 6.42 Å². The molecular weight excluding hydrogens is 352 g/mol. The fraction of sp³-hybridized carbons (Fsp3) is 0.316. The van der Waals surface area contributed by atoms with E-state index in [-0.39, 0.29) is 16.8 Å². The predicted octanol–water partition coefficient (Wildman–Crippen LogP) is 2.54. The zero-order valence-corrected chi connectivity index (χ0v) is 16.2. The zero-order chi connectivity index (χ0) is 19.3. The molecule has 0 aliphatic rings. The average Bonchev–Trinajstić information content (AvgIpc) is 2.62. The van der Waals surface area contributed by atoms with Gasteiger partial charge in [0.05, 0.1) is 12.0 Å². The summed E-state index contributed by atoms with van der Waals surface area (Å²) in [7, 11) is -0.757. The highest BCUT2D eigenvalue weighted by molar-refractivity contribution is 7.89. The molecule has 1 atom stereocenters. The molecule has 2 aromatic carbocycles. The Labute approximate surface area is 154 Å². The van der Waals surface area contributed by atoms with Crippen LogP contribution in [-0.2, 0) is 21.3 Å². The van der Waals surface area contributed by atoms with E-state index in [1.54, 1.807) is 11.9 Å². The molecule has 140 valence electrons. The summed E-state index contributed by atoms with van der Waals surface area (Å²) >= 11 is 0. The van der Waals surface area contributed by atoms with Crippen LogP contribution in [0.2, 0.25) is 0 Å². The van der Waals surface area contributed by atoms with Gasteiger partial charge in [0.15, 0.2) is 0 Å². The molecule has 1 N–H and O–H groups in total. The molecule has 0 aromatic heterocycles. The molecule has 0 spiro atoms. The zero-order valence-electron chi connectivity index (χ0n) is 15.4. The number of hydrogen-bond acceptors (Lipinski definition) is 4. The van der Waals surface area contributed by atoms with Gasteiger partial charge in [-0.15, -0.1) is 0 Å². The molecule has 0 saturated carbocycles. The highest BCUT2D eigenvalue weighted by Crippen LogP contribution is 2.16. The van der Waals surface area contributed by atoms with Crippen LogP contribution in [0.4, 0.5) is 0 Å². The van der Waals surface area contributed by atoms with Crippen molar-refractivity contribution in [2.45, 2.75) is 31.2 Å². The number of hydrogen-bond donors (Lipinski definition) is 1. The number of carbonyl (C=O) groups excluding carboxylic acids is 1. The van der Waals surface area contributed by atoms with Crippen LogP contribution in [0.25, 0.3) is 0 Å². The number of likely N-dealkylation sites (N-methyl/N-ethyl adjacent to an activating group) is 1. The van der Waals surface area contributed by atoms with E-state index in [1.165, 1.54) is 42.5 Å². The first kappa shape index (κ1) is 20.1. The molecule has 0 fully saturated rings. The fourth-order valence-corrected chi connectivity index (χ4v) is 3.44. The Kier molecular flexibility index (Phi) is 6.52. The molecule has 0 aliphatic carbocycles. The molecule has 0 saturated heterocycles. The highest BCUT2D eigenvalue weighted by atomic mass is 32.2. The minimum absolute atomic E-state index is 0.00201. The van der Waals surface area contributed by atoms with Crippen molar-refractivity contribution in [1.82, 2.24) is 9.79 Å². The number of benzene rings is 2. The van der Waals surface area contributed by atoms with Gasteiger partial charge in [-0.2, -0.15) is 0 Å². The normalized spacial score (nSPS) is 12.6. The standard InChI is InChI=1S/C19H24N2O4S/c1-14-7-5-6-8-17(14)13-15(2)21(3)19(22)16-9-11-18(12-10-16)26(23,24)20-25-4/h5-12,15,20H,13H2,1-4H3. The number of sulfonamides is 1. The molecule has 2 rings (SSSR count). The number of nitrogens with zero attached hydrogens (tertiary/aromatic N) is 1. The van der Waals surface area contributed by atoms with Gasteiger partial charge in [0, 0.05) is 18.7 Å². The second-order valence-electron chi connectivity index (χ2n) is 6.21. The quantitative estimate of drug-likeness (QED) is 0.754. The van der Waals surface area contributed by atoms with E-state index < -0.39 is 10.0 Å². The Bertz CT molecular complexity index is 863. The van der Waals surface area contributed by atoms with E-state index in [9.17, 15) is 13.2 Å². The maximum absolute atomic E-state index is 12.7. The first-order valence-electron chi connectivity index (χ1n) is 8.22. The first-order valence-corrected chi connectivity index (χ1v) is 9.71. The molecule has 2 aromatic rings. The molecule has 0 aliphatic heterocycles. The molecule has 0 heterocycles. The van der Waals surface area contributed by atoms with E-state index in [2.05, 4.69) is 23.9 Å². The van der Waals surface area contributed by atoms with Crippen molar-refractivity contribution in [3.8, 4) is 0 Å². The monoisotopic (exact) mass is 376 g/mol. The SMILES string of the molecule is CONS(=O)(=O)c1ccc(C(=O)N(C)C(C)Cc2ccccc2C)cc1. The van der Waals surface area contributed by atoms with Crippen molar-refractivity contribution in [2.75, 3.05) is 14.2 Å². The van der Waals surface area contributed by atoms with Crippen LogP contribution < -0.4 is 4.89 Å². The van der Waals surface area contributed by atoms with Gasteiger partial charge >= 0.3 is 0 Å². The molecule has 1 amide bonds. The van der Waals surface area contributed by atoms with Gasteiger partial charge in [0.2, 0.25) is 0 Å². The maximum atomic E-state index is 12.7. The molecule has 6 nitrogen and oxygen atoms in total. The second kappa shape index (κ2) is 8.44. The summed E-state index contributed by atoms with van der Waals surface area (Å²) in [6.45, 7) is 4.04. The molecular formula is C19H24N2O4S. The summed E-state index contributed by atoms with van der Waals surface area (Å²) in [6, 6.07) is 13.9. The molecule has 0 bridgehead atoms. The van der Waals surface area contributed by atoms with Gasteiger partial charge in [0.25, 0.3) is 15.9 Å². The summed E-state index contributed by atoms with van der Waals surface area (Å²) in [6.07, 6.45) is 0.749. The summed E-state index contributed by atoms with van der Waals surface area (Å²) in [5.41, 5.74) is 2.83. The van der Waals surface area contributed by atoms with Gasteiger partial charge in [-0.1, -0.05) is 29.2 Å². The van der Waals surface area contributed by atoms with E-state index in [0.29, 0.717) is 5.56 Å². The third-order valence-electron chi connectivity index (χ3n) is 4.36. The number of nitrogens with one attached hydrogen (secondary N) is 1. The Morgan fingerprint density at radius 2 is 1.77 bits per heavy atom. The maximum Gasteiger partial charge on any atom is 0.262 e. The third kappa shape index (κ3) is 4.69. The topological polar surface area (TPSA) is 75.7 Å². The smallest absolute Gasteiger partial charge is 0.262 e. The Balaban J connectivity index is 2.11. The predicted molar refractivity (Wildman–Crippen MR) is 100 cm³/mol. The van der Waals surface area contributed by atoms with Crippen LogP contribution in [0.15, 0.2) is 53.4 Å². The summed E-state index contributed by atoms with van der Waals surface area (Å²) in [4.78, 5) is 20.8. The van der Waals surface area contributed by atoms with E-state index in [4.69, 9.17) is 0 Å². The van der Waals surface area contributed by atoms with Crippen LogP contribution in [0.5, 0.6) is 0 Å². The van der Waals surface area contributed by atoms with Gasteiger partial charge in [0.1, 0.15) is 0 Å². The second-order valence-corrected chi connectivity index (χ2v) is 7.86. The van der Waals surface area contributed by atoms with Crippen molar-refractivity contribution in [2.24, 2.45) is 0 Å². The lowest BCUT2D eigenvalue weighted by atomic mass is 10.0. The molecule has 7 heteroatoms. The van der Waals surface area contributed by atoms with Crippen molar-refractivity contribution in [3.05, 3.63) is 65.2 Å². The van der Waals surface area contributed by atoms with Gasteiger partial charge < -0.3 is 4.90 Å². The lowest BCUT2D eigenvalue weighted by Gasteiger charge is -2.26. The summed E-state index contributed by atoms with van der Waals surface area (Å²) in [5.74, 6) is -0.158. The Morgan fingerprint density at radius 3 is 2.35 bits per heavy atom. The van der Waals surface area contributed by atoms with Gasteiger partial charge in [-0.25, -0.2) is 8.42 Å². The van der Waals surface area contributed by atoms with Crippen LogP contribution in [0, 0.1) is 6.92 Å². The summed E-state index contributed by atoms with van der Waals surface area (Å²) < 4.78 is 23.7. The van der Waals surface area contributed by atoms with Crippen molar-refractivity contribution in [3.63, 3.8) is 0 Å². The minimum Gasteiger partial charge on any atom is -0.339 e. The highest BCUT2D eigenvalue weighted by Gasteiger charge is 2.20. The van der Waals surface area contributed by atoms with Crippen molar-refractivity contribution < 1.29 is 18.0 Å². The fourth-order valence-electron chi connectivity index (χ4n) is 2.63. The average molecular weight is 376 g/mol. The summed E-state index contributed by atoms with van der Waals surface area (Å²) in [5, 5.41) is 0. The molecule has 26 heavy (non-hydrogen) atoms. The lowest BCUT2D eigenvalue weighted by Crippen LogP contribution is -2.36. The van der Waals surface area contributed by atoms with Crippen molar-refractivity contribution >= 4 is 15.9 Å². The number of carbonyl (C=O) groups is 1. The number of rotatable bonds is 7. The lowest BCUT2D eigenvalue weighted by molar-refractivity contribution is 0.0743. The number of aryl methyl sites for hydroxylation is 1. The van der Waals surface area contributed by atoms with Crippen LogP contribution >= 0.6 is 0 Å². The van der Waals surface area contributed by atoms with Gasteiger partial charge in [-0.3, -0.25) is 9.63 Å². The largest absolute Gasteiger partial charge is 0.339 e. The molecule has 0 radical (unpaired) electrons. The van der Waals surface area contributed by atoms with E-state index in [1.807, 2.05) is 23.9 Å². The van der Waals surface area contributed by atoms with Gasteiger partial charge in [-0.05, 0) is 55.7 Å². The van der Waals surface area contributed by atoms with Crippen LogP contribution in [-0.4, -0.2) is 39.4 Å². The molecule has 1 unspecified atom stereocenters. The third-order valence-corrected chi connectivity index (χ3v) is 5.64. The van der Waals surface area contributed by atoms with Crippen molar-refractivity contribution in [1.29, 1.82) is 0 Å². The number of amides is 1. The Morgan fingerprint density at radius 1 is 1.15 bits per heavy atom. The first-order chi connectivity index (χ1) is 12.3.